The molecule has 0 aromatic heterocycles. The molecule has 1 unspecified atom stereocenters. The van der Waals surface area contributed by atoms with Gasteiger partial charge < -0.3 is 13.6 Å². The average molecular weight is 461 g/mol. The first kappa shape index (κ1) is 22.9. The molecule has 4 rings (SSSR count). The van der Waals surface area contributed by atoms with Crippen LogP contribution in [0.5, 0.6) is 17.2 Å². The average Bonchev–Trinajstić information content (AvgIpc) is 2.77. The van der Waals surface area contributed by atoms with E-state index in [1.165, 1.54) is 5.56 Å². The van der Waals surface area contributed by atoms with Crippen molar-refractivity contribution >= 4 is 18.6 Å². The zero-order valence-corrected chi connectivity index (χ0v) is 20.2. The van der Waals surface area contributed by atoms with Crippen molar-refractivity contribution in [1.82, 2.24) is 0 Å². The van der Waals surface area contributed by atoms with Gasteiger partial charge in [0.1, 0.15) is 17.2 Å². The second-order valence-electron chi connectivity index (χ2n) is 8.30. The lowest BCUT2D eigenvalue weighted by molar-refractivity contribution is 0.298. The number of aryl methyl sites for hydroxylation is 3. The minimum absolute atomic E-state index is 0.418. The molecule has 5 heteroatoms. The highest BCUT2D eigenvalue weighted by molar-refractivity contribution is 7.49. The fourth-order valence-electron chi connectivity index (χ4n) is 3.75. The molecule has 0 saturated heterocycles. The molecule has 0 spiro atoms. The highest BCUT2D eigenvalue weighted by Gasteiger charge is 2.33. The summed E-state index contributed by atoms with van der Waals surface area (Å²) in [6.45, 7) is 6.10. The lowest BCUT2D eigenvalue weighted by Crippen LogP contribution is -2.08. The first-order chi connectivity index (χ1) is 15.9. The second-order valence-corrected chi connectivity index (χ2v) is 9.74. The molecule has 0 bridgehead atoms. The molecule has 0 fully saturated rings. The van der Waals surface area contributed by atoms with E-state index in [0.29, 0.717) is 17.2 Å². The maximum absolute atomic E-state index is 13.9. The summed E-state index contributed by atoms with van der Waals surface area (Å²) in [6.07, 6.45) is 3.26. The summed E-state index contributed by atoms with van der Waals surface area (Å²) in [5.41, 5.74) is 3.22. The lowest BCUT2D eigenvalue weighted by Gasteiger charge is -2.20. The molecule has 0 aliphatic heterocycles. The summed E-state index contributed by atoms with van der Waals surface area (Å²) < 4.78 is 31.5. The Morgan fingerprint density at radius 2 is 1.27 bits per heavy atom. The zero-order chi connectivity index (χ0) is 23.3. The van der Waals surface area contributed by atoms with Gasteiger partial charge in [0.25, 0.3) is 0 Å². The van der Waals surface area contributed by atoms with Gasteiger partial charge in [0.15, 0.2) is 0 Å². The van der Waals surface area contributed by atoms with Crippen LogP contribution >= 0.6 is 7.82 Å². The van der Waals surface area contributed by atoms with E-state index in [0.717, 1.165) is 41.2 Å². The Labute approximate surface area is 195 Å². The van der Waals surface area contributed by atoms with Crippen molar-refractivity contribution in [3.63, 3.8) is 0 Å². The van der Waals surface area contributed by atoms with E-state index < -0.39 is 7.82 Å². The van der Waals surface area contributed by atoms with Gasteiger partial charge in [-0.15, -0.1) is 0 Å². The summed E-state index contributed by atoms with van der Waals surface area (Å²) in [5, 5.41) is 2.05. The highest BCUT2D eigenvalue weighted by Crippen LogP contribution is 2.50. The molecule has 4 aromatic carbocycles. The summed E-state index contributed by atoms with van der Waals surface area (Å²) in [7, 11) is -4.04. The number of rotatable bonds is 9. The van der Waals surface area contributed by atoms with Crippen molar-refractivity contribution in [3.05, 3.63) is 102 Å². The van der Waals surface area contributed by atoms with Crippen LogP contribution in [0.2, 0.25) is 0 Å². The van der Waals surface area contributed by atoms with Crippen molar-refractivity contribution in [1.29, 1.82) is 0 Å². The Bertz CT molecular complexity index is 1260. The number of phosphoric ester groups is 1. The van der Waals surface area contributed by atoms with Crippen molar-refractivity contribution in [2.45, 2.75) is 40.0 Å². The van der Waals surface area contributed by atoms with Gasteiger partial charge in [-0.3, -0.25) is 0 Å². The van der Waals surface area contributed by atoms with Crippen LogP contribution in [0, 0.1) is 13.8 Å². The van der Waals surface area contributed by atoms with Gasteiger partial charge in [-0.25, -0.2) is 0 Å². The predicted octanol–water partition coefficient (Wildman–Crippen LogP) is 8.44. The van der Waals surface area contributed by atoms with Crippen LogP contribution in [0.3, 0.4) is 0 Å². The first-order valence-electron chi connectivity index (χ1n) is 11.3. The Morgan fingerprint density at radius 1 is 0.667 bits per heavy atom. The molecule has 0 heterocycles. The summed E-state index contributed by atoms with van der Waals surface area (Å²) in [5.74, 6) is 1.29. The van der Waals surface area contributed by atoms with Gasteiger partial charge in [0, 0.05) is 0 Å². The van der Waals surface area contributed by atoms with E-state index >= 15 is 0 Å². The maximum atomic E-state index is 13.9. The molecule has 0 saturated carbocycles. The number of fused-ring (bicyclic) bond motifs is 1. The highest BCUT2D eigenvalue weighted by atomic mass is 31.2. The van der Waals surface area contributed by atoms with E-state index in [4.69, 9.17) is 13.6 Å². The molecule has 0 aliphatic rings. The minimum atomic E-state index is -4.04. The summed E-state index contributed by atoms with van der Waals surface area (Å²) >= 11 is 0. The van der Waals surface area contributed by atoms with Crippen LogP contribution < -0.4 is 13.6 Å². The van der Waals surface area contributed by atoms with Crippen molar-refractivity contribution in [3.8, 4) is 17.2 Å². The third kappa shape index (κ3) is 6.18. The van der Waals surface area contributed by atoms with Gasteiger partial charge in [-0.05, 0) is 90.6 Å². The van der Waals surface area contributed by atoms with E-state index in [1.807, 2.05) is 92.7 Å². The predicted molar refractivity (Wildman–Crippen MR) is 134 cm³/mol. The molecule has 1 atom stereocenters. The molecule has 0 amide bonds. The van der Waals surface area contributed by atoms with E-state index in [2.05, 4.69) is 6.92 Å². The fourth-order valence-corrected chi connectivity index (χ4v) is 4.98. The lowest BCUT2D eigenvalue weighted by atomic mass is 10.1. The van der Waals surface area contributed by atoms with Crippen molar-refractivity contribution in [2.75, 3.05) is 0 Å². The SMILES string of the molecule is CCCCc1ccc(OP(=O)(Oc2cc(C)cc(C)c2)Oc2ccc3ccccc3c2)cc1. The number of hydrogen-bond donors (Lipinski definition) is 0. The molecule has 170 valence electrons. The normalized spacial score (nSPS) is 12.8. The first-order valence-corrected chi connectivity index (χ1v) is 12.7. The van der Waals surface area contributed by atoms with E-state index in [1.54, 1.807) is 6.07 Å². The van der Waals surface area contributed by atoms with Crippen LogP contribution in [0.4, 0.5) is 0 Å². The quantitative estimate of drug-likeness (QED) is 0.235. The largest absolute Gasteiger partial charge is 0.647 e. The minimum Gasteiger partial charge on any atom is -0.386 e. The Balaban J connectivity index is 1.63. The van der Waals surface area contributed by atoms with E-state index in [9.17, 15) is 4.57 Å². The smallest absolute Gasteiger partial charge is 0.386 e. The van der Waals surface area contributed by atoms with E-state index in [-0.39, 0.29) is 0 Å². The van der Waals surface area contributed by atoms with Gasteiger partial charge >= 0.3 is 7.82 Å². The zero-order valence-electron chi connectivity index (χ0n) is 19.3. The number of phosphoric acid groups is 1. The monoisotopic (exact) mass is 460 g/mol. The fraction of sp³-hybridized carbons (Fsp3) is 0.214. The molecular formula is C28H29O4P. The Kier molecular flexibility index (Phi) is 7.05. The Hall–Kier alpha value is -3.23. The number of benzene rings is 4. The molecule has 0 aliphatic carbocycles. The van der Waals surface area contributed by atoms with Gasteiger partial charge in [0.2, 0.25) is 0 Å². The number of unbranched alkanes of at least 4 members (excludes halogenated alkanes) is 1. The van der Waals surface area contributed by atoms with Gasteiger partial charge in [-0.1, -0.05) is 61.9 Å². The van der Waals surface area contributed by atoms with Crippen LogP contribution in [0.15, 0.2) is 84.9 Å². The van der Waals surface area contributed by atoms with Crippen molar-refractivity contribution < 1.29 is 18.1 Å². The van der Waals surface area contributed by atoms with Crippen LogP contribution in [-0.4, -0.2) is 0 Å². The Morgan fingerprint density at radius 3 is 1.97 bits per heavy atom. The molecule has 4 nitrogen and oxygen atoms in total. The van der Waals surface area contributed by atoms with Gasteiger partial charge in [0.05, 0.1) is 0 Å². The second kappa shape index (κ2) is 10.1. The molecule has 0 N–H and O–H groups in total. The van der Waals surface area contributed by atoms with Gasteiger partial charge in [-0.2, -0.15) is 4.57 Å². The summed E-state index contributed by atoms with van der Waals surface area (Å²) in [4.78, 5) is 0. The number of hydrogen-bond acceptors (Lipinski definition) is 4. The molecular weight excluding hydrogens is 431 g/mol. The standard InChI is InChI=1S/C28H29O4P/c1-4-5-8-23-11-14-26(15-12-23)30-33(29,32-28-18-21(2)17-22(3)19-28)31-27-16-13-24-9-6-7-10-25(24)20-27/h6-7,9-20H,4-5,8H2,1-3H3. The van der Waals surface area contributed by atoms with Crippen LogP contribution in [-0.2, 0) is 11.0 Å². The third-order valence-corrected chi connectivity index (χ3v) is 6.61. The molecule has 33 heavy (non-hydrogen) atoms. The summed E-state index contributed by atoms with van der Waals surface area (Å²) in [6, 6.07) is 26.7. The topological polar surface area (TPSA) is 44.8 Å². The van der Waals surface area contributed by atoms with Crippen LogP contribution in [0.1, 0.15) is 36.5 Å². The molecule has 0 radical (unpaired) electrons. The van der Waals surface area contributed by atoms with Crippen molar-refractivity contribution in [2.24, 2.45) is 0 Å². The maximum Gasteiger partial charge on any atom is 0.647 e. The molecule has 4 aromatic rings. The van der Waals surface area contributed by atoms with Crippen LogP contribution in [0.25, 0.3) is 10.8 Å². The third-order valence-electron chi connectivity index (χ3n) is 5.31.